The number of phosphoric ester groups is 2. The van der Waals surface area contributed by atoms with E-state index in [9.17, 15) is 43.2 Å². The fourth-order valence-corrected chi connectivity index (χ4v) is 12.0. The van der Waals surface area contributed by atoms with Crippen molar-refractivity contribution in [3.05, 3.63) is 0 Å². The maximum atomic E-state index is 13.0. The molecule has 0 spiro atoms. The maximum Gasteiger partial charge on any atom is 0.472 e. The van der Waals surface area contributed by atoms with Crippen LogP contribution < -0.4 is 0 Å². The molecule has 0 fully saturated rings. The number of hydrogen-bond acceptors (Lipinski definition) is 15. The van der Waals surface area contributed by atoms with Crippen molar-refractivity contribution < 1.29 is 80.2 Å². The standard InChI is InChI=1S/C69H134O17P2/c1-7-10-12-14-16-33-39-45-51-66(71)79-57-64(85-68(73)53-47-41-34-17-15-13-11-8-2)59-83-87(75,76)81-55-63(70)56-82-88(77,78)84-60-65(58-80-67(72)52-46-40-36-30-31-37-43-49-61(4)5)86-69(74)54-48-42-35-29-27-25-23-21-19-18-20-22-24-26-28-32-38-44-50-62(6)9-3/h61-65,70H,7-60H2,1-6H3,(H,75,76)(H,77,78)/t62?,63-,64+,65+/m0/s1. The highest BCUT2D eigenvalue weighted by Crippen LogP contribution is 2.45. The summed E-state index contributed by atoms with van der Waals surface area (Å²) in [5.74, 6) is -0.558. The second-order valence-corrected chi connectivity index (χ2v) is 28.5. The van der Waals surface area contributed by atoms with E-state index < -0.39 is 97.5 Å². The first-order valence-corrected chi connectivity index (χ1v) is 39.0. The van der Waals surface area contributed by atoms with E-state index in [1.165, 1.54) is 148 Å². The first-order chi connectivity index (χ1) is 42.4. The molecule has 0 bridgehead atoms. The molecule has 522 valence electrons. The summed E-state index contributed by atoms with van der Waals surface area (Å²) in [4.78, 5) is 72.2. The van der Waals surface area contributed by atoms with Gasteiger partial charge in [0.05, 0.1) is 26.4 Å². The number of esters is 4. The Bertz CT molecular complexity index is 1720. The zero-order chi connectivity index (χ0) is 65.0. The highest BCUT2D eigenvalue weighted by atomic mass is 31.2. The van der Waals surface area contributed by atoms with Crippen molar-refractivity contribution in [1.29, 1.82) is 0 Å². The first-order valence-electron chi connectivity index (χ1n) is 36.0. The Morgan fingerprint density at radius 3 is 0.864 bits per heavy atom. The summed E-state index contributed by atoms with van der Waals surface area (Å²) >= 11 is 0. The van der Waals surface area contributed by atoms with Crippen LogP contribution in [0.15, 0.2) is 0 Å². The smallest absolute Gasteiger partial charge is 0.462 e. The number of phosphoric acid groups is 2. The molecule has 0 rings (SSSR count). The van der Waals surface area contributed by atoms with E-state index in [1.54, 1.807) is 0 Å². The molecule has 0 saturated heterocycles. The molecule has 88 heavy (non-hydrogen) atoms. The van der Waals surface area contributed by atoms with Crippen molar-refractivity contribution in [2.75, 3.05) is 39.6 Å². The normalized spacial score (nSPS) is 14.5. The van der Waals surface area contributed by atoms with Crippen molar-refractivity contribution >= 4 is 39.5 Å². The van der Waals surface area contributed by atoms with E-state index in [2.05, 4.69) is 41.5 Å². The van der Waals surface area contributed by atoms with Gasteiger partial charge in [-0.05, 0) is 37.5 Å². The third-order valence-corrected chi connectivity index (χ3v) is 18.2. The zero-order valence-corrected chi connectivity index (χ0v) is 58.8. The van der Waals surface area contributed by atoms with Gasteiger partial charge in [-0.1, -0.05) is 298 Å². The molecule has 0 aromatic carbocycles. The summed E-state index contributed by atoms with van der Waals surface area (Å²) in [5, 5.41) is 10.5. The van der Waals surface area contributed by atoms with Crippen LogP contribution in [0.4, 0.5) is 0 Å². The van der Waals surface area contributed by atoms with Crippen LogP contribution in [-0.2, 0) is 65.4 Å². The molecule has 0 aliphatic heterocycles. The van der Waals surface area contributed by atoms with Crippen LogP contribution in [0.5, 0.6) is 0 Å². The summed E-state index contributed by atoms with van der Waals surface area (Å²) in [6.07, 6.45) is 46.2. The van der Waals surface area contributed by atoms with Crippen LogP contribution in [0, 0.1) is 11.8 Å². The van der Waals surface area contributed by atoms with Crippen molar-refractivity contribution in [1.82, 2.24) is 0 Å². The summed E-state index contributed by atoms with van der Waals surface area (Å²) in [6.45, 7) is 9.49. The van der Waals surface area contributed by atoms with Crippen molar-refractivity contribution in [2.45, 2.75) is 368 Å². The lowest BCUT2D eigenvalue weighted by Crippen LogP contribution is -2.30. The number of hydrogen-bond donors (Lipinski definition) is 3. The van der Waals surface area contributed by atoms with Crippen LogP contribution in [0.25, 0.3) is 0 Å². The van der Waals surface area contributed by atoms with Gasteiger partial charge in [0.25, 0.3) is 0 Å². The predicted octanol–water partition coefficient (Wildman–Crippen LogP) is 19.6. The van der Waals surface area contributed by atoms with Gasteiger partial charge in [-0.15, -0.1) is 0 Å². The van der Waals surface area contributed by atoms with Gasteiger partial charge in [0, 0.05) is 25.7 Å². The second-order valence-electron chi connectivity index (χ2n) is 25.6. The number of aliphatic hydroxyl groups excluding tert-OH is 1. The molecule has 0 heterocycles. The number of carbonyl (C=O) groups is 4. The fraction of sp³-hybridized carbons (Fsp3) is 0.942. The number of ether oxygens (including phenoxy) is 4. The van der Waals surface area contributed by atoms with Gasteiger partial charge < -0.3 is 33.8 Å². The molecule has 0 aliphatic carbocycles. The van der Waals surface area contributed by atoms with Crippen molar-refractivity contribution in [3.63, 3.8) is 0 Å². The quantitative estimate of drug-likeness (QED) is 0.0222. The monoisotopic (exact) mass is 1300 g/mol. The molecule has 0 aromatic heterocycles. The lowest BCUT2D eigenvalue weighted by molar-refractivity contribution is -0.161. The van der Waals surface area contributed by atoms with Gasteiger partial charge in [-0.25, -0.2) is 9.13 Å². The third-order valence-electron chi connectivity index (χ3n) is 16.3. The summed E-state index contributed by atoms with van der Waals surface area (Å²) < 4.78 is 68.0. The van der Waals surface area contributed by atoms with Gasteiger partial charge in [0.1, 0.15) is 19.3 Å². The Kier molecular flexibility index (Phi) is 59.9. The molecule has 3 N–H and O–H groups in total. The third kappa shape index (κ3) is 61.6. The molecule has 3 unspecified atom stereocenters. The highest BCUT2D eigenvalue weighted by molar-refractivity contribution is 7.47. The molecule has 19 heteroatoms. The second kappa shape index (κ2) is 61.3. The largest absolute Gasteiger partial charge is 0.472 e. The van der Waals surface area contributed by atoms with Crippen LogP contribution in [-0.4, -0.2) is 96.7 Å². The van der Waals surface area contributed by atoms with Crippen LogP contribution in [0.3, 0.4) is 0 Å². The Morgan fingerprint density at radius 2 is 0.580 bits per heavy atom. The fourth-order valence-electron chi connectivity index (χ4n) is 10.4. The minimum Gasteiger partial charge on any atom is -0.462 e. The number of unbranched alkanes of at least 4 members (excludes halogenated alkanes) is 37. The Hall–Kier alpha value is -1.94. The molecular weight excluding hydrogens is 1160 g/mol. The summed E-state index contributed by atoms with van der Waals surface area (Å²) in [6, 6.07) is 0. The van der Waals surface area contributed by atoms with E-state index in [-0.39, 0.29) is 25.7 Å². The molecule has 0 aromatic rings. The minimum absolute atomic E-state index is 0.105. The molecule has 0 radical (unpaired) electrons. The molecule has 0 aliphatic rings. The van der Waals surface area contributed by atoms with Gasteiger partial charge >= 0.3 is 39.5 Å². The molecular formula is C69H134O17P2. The molecule has 17 nitrogen and oxygen atoms in total. The van der Waals surface area contributed by atoms with Crippen LogP contribution >= 0.6 is 15.6 Å². The molecule has 0 saturated carbocycles. The topological polar surface area (TPSA) is 237 Å². The average Bonchev–Trinajstić information content (AvgIpc) is 3.62. The Balaban J connectivity index is 5.09. The van der Waals surface area contributed by atoms with E-state index in [4.69, 9.17) is 37.0 Å². The van der Waals surface area contributed by atoms with E-state index in [0.29, 0.717) is 31.6 Å². The van der Waals surface area contributed by atoms with Gasteiger partial charge in [-0.3, -0.25) is 37.3 Å². The van der Waals surface area contributed by atoms with Crippen molar-refractivity contribution in [3.8, 4) is 0 Å². The minimum atomic E-state index is -4.95. The van der Waals surface area contributed by atoms with Crippen molar-refractivity contribution in [2.24, 2.45) is 11.8 Å². The Morgan fingerprint density at radius 1 is 0.330 bits per heavy atom. The average molecular weight is 1300 g/mol. The molecule has 6 atom stereocenters. The van der Waals surface area contributed by atoms with Gasteiger partial charge in [0.2, 0.25) is 0 Å². The lowest BCUT2D eigenvalue weighted by atomic mass is 9.99. The van der Waals surface area contributed by atoms with E-state index in [1.807, 2.05) is 0 Å². The number of rotatable bonds is 68. The Labute approximate surface area is 537 Å². The van der Waals surface area contributed by atoms with Gasteiger partial charge in [-0.2, -0.15) is 0 Å². The zero-order valence-electron chi connectivity index (χ0n) is 57.0. The summed E-state index contributed by atoms with van der Waals surface area (Å²) in [7, 11) is -9.89. The summed E-state index contributed by atoms with van der Waals surface area (Å²) in [5.41, 5.74) is 0. The first kappa shape index (κ1) is 86.1. The number of aliphatic hydroxyl groups is 1. The van der Waals surface area contributed by atoms with Gasteiger partial charge in [0.15, 0.2) is 12.2 Å². The predicted molar refractivity (Wildman–Crippen MR) is 354 cm³/mol. The maximum absolute atomic E-state index is 13.0. The van der Waals surface area contributed by atoms with E-state index >= 15 is 0 Å². The van der Waals surface area contributed by atoms with Crippen LogP contribution in [0.1, 0.15) is 350 Å². The SMILES string of the molecule is CCCCCCCCCCC(=O)OC[C@H](COP(=O)(O)OC[C@H](O)COP(=O)(O)OC[C@@H](COC(=O)CCCCCCCCCC(C)C)OC(=O)CCCCCCCCCCCCCCCCCCCCC(C)CC)OC(=O)CCCCCCCCCC. The number of carbonyl (C=O) groups excluding carboxylic acids is 4. The highest BCUT2D eigenvalue weighted by Gasteiger charge is 2.30. The van der Waals surface area contributed by atoms with Crippen LogP contribution in [0.2, 0.25) is 0 Å². The lowest BCUT2D eigenvalue weighted by Gasteiger charge is -2.21. The van der Waals surface area contributed by atoms with E-state index in [0.717, 1.165) is 115 Å². The molecule has 0 amide bonds.